The van der Waals surface area contributed by atoms with Crippen LogP contribution in [0.1, 0.15) is 18.9 Å². The number of anilines is 4. The Kier molecular flexibility index (Phi) is 8.63. The summed E-state index contributed by atoms with van der Waals surface area (Å²) in [4.78, 5) is 26.9. The van der Waals surface area contributed by atoms with Crippen LogP contribution in [0.5, 0.6) is 11.5 Å². The van der Waals surface area contributed by atoms with Gasteiger partial charge in [-0.3, -0.25) is 9.80 Å². The molecule has 2 heterocycles. The predicted molar refractivity (Wildman–Crippen MR) is 144 cm³/mol. The number of rotatable bonds is 10. The van der Waals surface area contributed by atoms with Crippen LogP contribution in [0.15, 0.2) is 54.7 Å². The molecule has 37 heavy (non-hydrogen) atoms. The molecule has 0 bridgehead atoms. The molecule has 2 N–H and O–H groups in total. The Morgan fingerprint density at radius 3 is 2.46 bits per heavy atom. The fourth-order valence-electron chi connectivity index (χ4n) is 4.41. The summed E-state index contributed by atoms with van der Waals surface area (Å²) in [7, 11) is 3.10. The van der Waals surface area contributed by atoms with E-state index in [1.54, 1.807) is 38.5 Å². The van der Waals surface area contributed by atoms with Crippen LogP contribution in [-0.2, 0) is 6.54 Å². The van der Waals surface area contributed by atoms with E-state index in [-0.39, 0.29) is 12.4 Å². The minimum absolute atomic E-state index is 0.0341. The lowest BCUT2D eigenvalue weighted by atomic mass is 10.1. The summed E-state index contributed by atoms with van der Waals surface area (Å²) in [6.07, 6.45) is 1.58. The van der Waals surface area contributed by atoms with Crippen molar-refractivity contribution in [2.45, 2.75) is 19.9 Å². The van der Waals surface area contributed by atoms with E-state index in [2.05, 4.69) is 44.1 Å². The third kappa shape index (κ3) is 6.59. The molecule has 0 spiro atoms. The van der Waals surface area contributed by atoms with Crippen LogP contribution in [0.4, 0.5) is 27.9 Å². The van der Waals surface area contributed by atoms with Gasteiger partial charge in [0, 0.05) is 49.3 Å². The third-order valence-corrected chi connectivity index (χ3v) is 6.37. The highest BCUT2D eigenvalue weighted by molar-refractivity contribution is 5.85. The molecule has 3 aromatic rings. The summed E-state index contributed by atoms with van der Waals surface area (Å²) < 4.78 is 10.7. The number of carboxylic acid groups (broad SMARTS) is 1. The van der Waals surface area contributed by atoms with Gasteiger partial charge >= 0.3 is 6.09 Å². The van der Waals surface area contributed by atoms with Gasteiger partial charge in [-0.15, -0.1) is 0 Å². The van der Waals surface area contributed by atoms with E-state index in [1.807, 2.05) is 12.1 Å². The van der Waals surface area contributed by atoms with E-state index in [0.717, 1.165) is 43.3 Å². The first kappa shape index (κ1) is 26.0. The first-order valence-electron chi connectivity index (χ1n) is 12.4. The van der Waals surface area contributed by atoms with Gasteiger partial charge < -0.3 is 24.8 Å². The monoisotopic (exact) mass is 506 g/mol. The van der Waals surface area contributed by atoms with Crippen molar-refractivity contribution in [2.75, 3.05) is 62.1 Å². The van der Waals surface area contributed by atoms with Gasteiger partial charge in [-0.05, 0) is 61.5 Å². The Morgan fingerprint density at radius 2 is 1.81 bits per heavy atom. The van der Waals surface area contributed by atoms with E-state index >= 15 is 0 Å². The molecule has 4 rings (SSSR count). The number of hydrogen-bond acceptors (Lipinski definition) is 8. The molecule has 1 saturated heterocycles. The molecule has 1 amide bonds. The van der Waals surface area contributed by atoms with Crippen molar-refractivity contribution in [2.24, 2.45) is 0 Å². The highest BCUT2D eigenvalue weighted by Gasteiger charge is 2.20. The molecule has 10 nitrogen and oxygen atoms in total. The zero-order valence-electron chi connectivity index (χ0n) is 21.6. The summed E-state index contributed by atoms with van der Waals surface area (Å²) in [5.41, 5.74) is 2.66. The Labute approximate surface area is 217 Å². The fraction of sp³-hybridized carbons (Fsp3) is 0.370. The summed E-state index contributed by atoms with van der Waals surface area (Å²) in [5.74, 6) is 1.72. The average Bonchev–Trinajstić information content (AvgIpc) is 2.92. The molecule has 1 aromatic heterocycles. The van der Waals surface area contributed by atoms with Crippen LogP contribution < -0.4 is 24.6 Å². The smallest absolute Gasteiger partial charge is 0.413 e. The largest absolute Gasteiger partial charge is 0.497 e. The summed E-state index contributed by atoms with van der Waals surface area (Å²) in [6.45, 7) is 7.59. The molecule has 196 valence electrons. The van der Waals surface area contributed by atoms with Gasteiger partial charge in [0.2, 0.25) is 5.95 Å². The number of piperazine rings is 1. The highest BCUT2D eigenvalue weighted by Crippen LogP contribution is 2.28. The molecule has 0 atom stereocenters. The maximum absolute atomic E-state index is 12.1. The Balaban J connectivity index is 1.45. The minimum Gasteiger partial charge on any atom is -0.497 e. The lowest BCUT2D eigenvalue weighted by Crippen LogP contribution is -2.46. The number of hydrogen-bond donors (Lipinski definition) is 2. The van der Waals surface area contributed by atoms with Crippen molar-refractivity contribution in [3.05, 3.63) is 60.3 Å². The van der Waals surface area contributed by atoms with Crippen LogP contribution in [-0.4, -0.2) is 73.0 Å². The molecule has 0 saturated carbocycles. The second-order valence-electron chi connectivity index (χ2n) is 8.79. The van der Waals surface area contributed by atoms with Crippen molar-refractivity contribution < 1.29 is 19.4 Å². The van der Waals surface area contributed by atoms with Gasteiger partial charge in [0.25, 0.3) is 0 Å². The van der Waals surface area contributed by atoms with Crippen LogP contribution in [0, 0.1) is 0 Å². The number of aromatic nitrogens is 2. The van der Waals surface area contributed by atoms with Crippen LogP contribution in [0.25, 0.3) is 0 Å². The zero-order valence-corrected chi connectivity index (χ0v) is 21.6. The fourth-order valence-corrected chi connectivity index (χ4v) is 4.41. The Hall–Kier alpha value is -4.05. The summed E-state index contributed by atoms with van der Waals surface area (Å²) >= 11 is 0. The summed E-state index contributed by atoms with van der Waals surface area (Å²) in [5, 5.41) is 13.1. The third-order valence-electron chi connectivity index (χ3n) is 6.37. The number of nitrogens with one attached hydrogen (secondary N) is 1. The number of methoxy groups -OCH3 is 2. The highest BCUT2D eigenvalue weighted by atomic mass is 16.5. The molecule has 1 aliphatic rings. The van der Waals surface area contributed by atoms with Gasteiger partial charge in [-0.2, -0.15) is 4.98 Å². The molecule has 10 heteroatoms. The standard InChI is InChI=1S/C27H34N6O4/c1-4-13-31-14-16-32(17-15-31)22-7-5-21(6-8-22)29-26-28-12-11-25(30-26)33(27(34)35)19-20-18-23(36-2)9-10-24(20)37-3/h5-12,18H,4,13-17,19H2,1-3H3,(H,34,35)(H,28,29,30). The molecule has 2 aromatic carbocycles. The van der Waals surface area contributed by atoms with E-state index in [4.69, 9.17) is 9.47 Å². The molecule has 1 fully saturated rings. The van der Waals surface area contributed by atoms with E-state index in [0.29, 0.717) is 23.0 Å². The topological polar surface area (TPSA) is 103 Å². The van der Waals surface area contributed by atoms with Crippen LogP contribution in [0.2, 0.25) is 0 Å². The molecule has 1 aliphatic heterocycles. The number of amides is 1. The molecular formula is C27H34N6O4. The van der Waals surface area contributed by atoms with Gasteiger partial charge in [-0.1, -0.05) is 6.92 Å². The number of nitrogens with zero attached hydrogens (tertiary/aromatic N) is 5. The van der Waals surface area contributed by atoms with Gasteiger partial charge in [-0.25, -0.2) is 9.78 Å². The molecular weight excluding hydrogens is 472 g/mol. The summed E-state index contributed by atoms with van der Waals surface area (Å²) in [6, 6.07) is 15.0. The minimum atomic E-state index is -1.14. The van der Waals surface area contributed by atoms with Crippen molar-refractivity contribution >= 4 is 29.2 Å². The van der Waals surface area contributed by atoms with Gasteiger partial charge in [0.1, 0.15) is 17.3 Å². The maximum atomic E-state index is 12.1. The first-order chi connectivity index (χ1) is 18.0. The Bertz CT molecular complexity index is 1180. The van der Waals surface area contributed by atoms with Crippen molar-refractivity contribution in [3.8, 4) is 11.5 Å². The van der Waals surface area contributed by atoms with Crippen molar-refractivity contribution in [1.82, 2.24) is 14.9 Å². The van der Waals surface area contributed by atoms with E-state index in [1.165, 1.54) is 18.3 Å². The normalized spacial score (nSPS) is 13.8. The van der Waals surface area contributed by atoms with E-state index < -0.39 is 6.09 Å². The van der Waals surface area contributed by atoms with Crippen molar-refractivity contribution in [3.63, 3.8) is 0 Å². The molecule has 0 aliphatic carbocycles. The number of carbonyl (C=O) groups is 1. The zero-order chi connectivity index (χ0) is 26.2. The Morgan fingerprint density at radius 1 is 1.05 bits per heavy atom. The van der Waals surface area contributed by atoms with Crippen LogP contribution >= 0.6 is 0 Å². The first-order valence-corrected chi connectivity index (χ1v) is 12.4. The number of benzene rings is 2. The van der Waals surface area contributed by atoms with Gasteiger partial charge in [0.05, 0.1) is 20.8 Å². The quantitative estimate of drug-likeness (QED) is 0.413. The average molecular weight is 507 g/mol. The van der Waals surface area contributed by atoms with E-state index in [9.17, 15) is 9.90 Å². The van der Waals surface area contributed by atoms with Gasteiger partial charge in [0.15, 0.2) is 0 Å². The lowest BCUT2D eigenvalue weighted by Gasteiger charge is -2.36. The van der Waals surface area contributed by atoms with Crippen molar-refractivity contribution in [1.29, 1.82) is 0 Å². The second-order valence-corrected chi connectivity index (χ2v) is 8.79. The molecule has 0 unspecified atom stereocenters. The molecule has 0 radical (unpaired) electrons. The van der Waals surface area contributed by atoms with Crippen LogP contribution in [0.3, 0.4) is 0 Å². The SMILES string of the molecule is CCCN1CCN(c2ccc(Nc3nccc(N(Cc4cc(OC)ccc4OC)C(=O)O)n3)cc2)CC1. The lowest BCUT2D eigenvalue weighted by molar-refractivity contribution is 0.201. The second kappa shape index (κ2) is 12.3. The predicted octanol–water partition coefficient (Wildman–Crippen LogP) is 4.45. The number of ether oxygens (including phenoxy) is 2. The maximum Gasteiger partial charge on any atom is 0.413 e.